The Morgan fingerprint density at radius 1 is 1.35 bits per heavy atom. The Hall–Kier alpha value is -1.83. The van der Waals surface area contributed by atoms with Crippen LogP contribution in [0.25, 0.3) is 0 Å². The van der Waals surface area contributed by atoms with Crippen molar-refractivity contribution < 1.29 is 0 Å². The first-order chi connectivity index (χ1) is 9.45. The summed E-state index contributed by atoms with van der Waals surface area (Å²) in [5, 5.41) is 8.76. The summed E-state index contributed by atoms with van der Waals surface area (Å²) in [5.74, 6) is 1.27. The van der Waals surface area contributed by atoms with E-state index in [9.17, 15) is 4.79 Å². The van der Waals surface area contributed by atoms with Gasteiger partial charge in [0.05, 0.1) is 12.5 Å². The zero-order chi connectivity index (χ0) is 15.1. The highest BCUT2D eigenvalue weighted by Gasteiger charge is 2.15. The van der Waals surface area contributed by atoms with E-state index >= 15 is 0 Å². The maximum Gasteiger partial charge on any atom is 0.293 e. The molecule has 0 aliphatic heterocycles. The predicted octanol–water partition coefficient (Wildman–Crippen LogP) is 2.28. The summed E-state index contributed by atoms with van der Waals surface area (Å²) >= 11 is 0. The highest BCUT2D eigenvalue weighted by molar-refractivity contribution is 5.35. The van der Waals surface area contributed by atoms with Gasteiger partial charge in [0.25, 0.3) is 5.56 Å². The SMILES string of the molecule is CC(C)CN(CCC#N)c1nccn(CC(C)C)c1=O. The lowest BCUT2D eigenvalue weighted by Gasteiger charge is -2.24. The third kappa shape index (κ3) is 4.69. The zero-order valence-electron chi connectivity index (χ0n) is 12.8. The molecule has 0 fully saturated rings. The maximum atomic E-state index is 12.5. The summed E-state index contributed by atoms with van der Waals surface area (Å²) in [7, 11) is 0. The van der Waals surface area contributed by atoms with Crippen molar-refractivity contribution in [3.8, 4) is 6.07 Å². The quantitative estimate of drug-likeness (QED) is 0.766. The Morgan fingerprint density at radius 3 is 2.60 bits per heavy atom. The molecular formula is C15H24N4O. The van der Waals surface area contributed by atoms with Crippen LogP contribution in [-0.4, -0.2) is 22.6 Å². The van der Waals surface area contributed by atoms with E-state index in [-0.39, 0.29) is 5.56 Å². The normalized spacial score (nSPS) is 10.8. The van der Waals surface area contributed by atoms with Crippen molar-refractivity contribution in [2.24, 2.45) is 11.8 Å². The molecular weight excluding hydrogens is 252 g/mol. The van der Waals surface area contributed by atoms with Crippen LogP contribution >= 0.6 is 0 Å². The molecule has 0 amide bonds. The average Bonchev–Trinajstić information content (AvgIpc) is 2.36. The van der Waals surface area contributed by atoms with Crippen LogP contribution in [0.5, 0.6) is 0 Å². The molecule has 0 aliphatic rings. The second-order valence-electron chi connectivity index (χ2n) is 5.85. The van der Waals surface area contributed by atoms with Crippen LogP contribution in [0.2, 0.25) is 0 Å². The van der Waals surface area contributed by atoms with Crippen LogP contribution in [0, 0.1) is 23.2 Å². The molecule has 110 valence electrons. The van der Waals surface area contributed by atoms with Gasteiger partial charge in [0.15, 0.2) is 5.82 Å². The Labute approximate surface area is 120 Å². The maximum absolute atomic E-state index is 12.5. The fourth-order valence-corrected chi connectivity index (χ4v) is 2.10. The summed E-state index contributed by atoms with van der Waals surface area (Å²) in [6, 6.07) is 2.13. The summed E-state index contributed by atoms with van der Waals surface area (Å²) in [5.41, 5.74) is -0.0696. The fourth-order valence-electron chi connectivity index (χ4n) is 2.10. The molecule has 0 saturated heterocycles. The molecule has 0 unspecified atom stereocenters. The summed E-state index contributed by atoms with van der Waals surface area (Å²) in [4.78, 5) is 18.6. The van der Waals surface area contributed by atoms with E-state index in [1.165, 1.54) is 0 Å². The van der Waals surface area contributed by atoms with Crippen molar-refractivity contribution in [2.75, 3.05) is 18.0 Å². The number of anilines is 1. The monoisotopic (exact) mass is 276 g/mol. The van der Waals surface area contributed by atoms with E-state index in [1.54, 1.807) is 17.0 Å². The first-order valence-electron chi connectivity index (χ1n) is 7.13. The van der Waals surface area contributed by atoms with Gasteiger partial charge in [-0.25, -0.2) is 4.98 Å². The molecule has 1 aromatic heterocycles. The third-order valence-electron chi connectivity index (χ3n) is 2.84. The molecule has 5 nitrogen and oxygen atoms in total. The number of rotatable bonds is 7. The Kier molecular flexibility index (Phi) is 6.23. The van der Waals surface area contributed by atoms with Crippen LogP contribution in [-0.2, 0) is 6.54 Å². The van der Waals surface area contributed by atoms with E-state index in [4.69, 9.17) is 5.26 Å². The molecule has 1 heterocycles. The van der Waals surface area contributed by atoms with Crippen LogP contribution in [0.3, 0.4) is 0 Å². The second kappa shape index (κ2) is 7.68. The highest BCUT2D eigenvalue weighted by atomic mass is 16.1. The van der Waals surface area contributed by atoms with Gasteiger partial charge in [-0.1, -0.05) is 27.7 Å². The standard InChI is InChI=1S/C15H24N4O/c1-12(2)10-18(8-5-6-16)14-15(20)19(9-7-17-14)11-13(3)4/h7,9,12-13H,5,8,10-11H2,1-4H3. The van der Waals surface area contributed by atoms with Crippen molar-refractivity contribution in [2.45, 2.75) is 40.7 Å². The molecule has 0 saturated carbocycles. The Balaban J connectivity index is 3.06. The van der Waals surface area contributed by atoms with Gasteiger partial charge in [-0.3, -0.25) is 4.79 Å². The highest BCUT2D eigenvalue weighted by Crippen LogP contribution is 2.09. The molecule has 1 aromatic rings. The summed E-state index contributed by atoms with van der Waals surface area (Å²) < 4.78 is 1.70. The molecule has 5 heteroatoms. The fraction of sp³-hybridized carbons (Fsp3) is 0.667. The van der Waals surface area contributed by atoms with Crippen LogP contribution < -0.4 is 10.5 Å². The minimum atomic E-state index is -0.0696. The molecule has 0 spiro atoms. The van der Waals surface area contributed by atoms with Crippen LogP contribution in [0.1, 0.15) is 34.1 Å². The minimum absolute atomic E-state index is 0.0696. The topological polar surface area (TPSA) is 61.9 Å². The summed E-state index contributed by atoms with van der Waals surface area (Å²) in [6.07, 6.45) is 3.79. The van der Waals surface area contributed by atoms with E-state index in [2.05, 4.69) is 38.7 Å². The van der Waals surface area contributed by atoms with Crippen molar-refractivity contribution in [1.82, 2.24) is 9.55 Å². The summed E-state index contributed by atoms with van der Waals surface area (Å²) in [6.45, 7) is 10.3. The van der Waals surface area contributed by atoms with E-state index in [0.717, 1.165) is 6.54 Å². The van der Waals surface area contributed by atoms with Gasteiger partial charge in [0.2, 0.25) is 0 Å². The van der Waals surface area contributed by atoms with Crippen LogP contribution in [0.15, 0.2) is 17.2 Å². The van der Waals surface area contributed by atoms with Crippen molar-refractivity contribution in [3.05, 3.63) is 22.7 Å². The molecule has 0 radical (unpaired) electrons. The molecule has 0 bridgehead atoms. The van der Waals surface area contributed by atoms with E-state index in [1.807, 2.05) is 4.90 Å². The lowest BCUT2D eigenvalue weighted by Crippen LogP contribution is -2.36. The molecule has 0 aliphatic carbocycles. The Bertz CT molecular complexity index is 513. The average molecular weight is 276 g/mol. The van der Waals surface area contributed by atoms with Gasteiger partial charge in [0, 0.05) is 32.0 Å². The zero-order valence-corrected chi connectivity index (χ0v) is 12.8. The second-order valence-corrected chi connectivity index (χ2v) is 5.85. The van der Waals surface area contributed by atoms with Gasteiger partial charge < -0.3 is 9.47 Å². The lowest BCUT2D eigenvalue weighted by atomic mass is 10.2. The van der Waals surface area contributed by atoms with Crippen LogP contribution in [0.4, 0.5) is 5.82 Å². The molecule has 1 rings (SSSR count). The van der Waals surface area contributed by atoms with Gasteiger partial charge in [-0.05, 0) is 11.8 Å². The van der Waals surface area contributed by atoms with Gasteiger partial charge >= 0.3 is 0 Å². The Morgan fingerprint density at radius 2 is 2.05 bits per heavy atom. The number of nitrogens with zero attached hydrogens (tertiary/aromatic N) is 4. The number of hydrogen-bond acceptors (Lipinski definition) is 4. The van der Waals surface area contributed by atoms with Gasteiger partial charge in [-0.15, -0.1) is 0 Å². The number of hydrogen-bond donors (Lipinski definition) is 0. The first-order valence-corrected chi connectivity index (χ1v) is 7.13. The minimum Gasteiger partial charge on any atom is -0.351 e. The molecule has 0 aromatic carbocycles. The first kappa shape index (κ1) is 16.2. The van der Waals surface area contributed by atoms with Crippen molar-refractivity contribution >= 4 is 5.82 Å². The van der Waals surface area contributed by atoms with Crippen molar-refractivity contribution in [3.63, 3.8) is 0 Å². The molecule has 0 atom stereocenters. The van der Waals surface area contributed by atoms with E-state index < -0.39 is 0 Å². The molecule has 0 N–H and O–H groups in total. The largest absolute Gasteiger partial charge is 0.351 e. The smallest absolute Gasteiger partial charge is 0.293 e. The molecule has 20 heavy (non-hydrogen) atoms. The van der Waals surface area contributed by atoms with Crippen molar-refractivity contribution in [1.29, 1.82) is 5.26 Å². The third-order valence-corrected chi connectivity index (χ3v) is 2.84. The van der Waals surface area contributed by atoms with E-state index in [0.29, 0.717) is 37.2 Å². The van der Waals surface area contributed by atoms with Gasteiger partial charge in [0.1, 0.15) is 0 Å². The lowest BCUT2D eigenvalue weighted by molar-refractivity contribution is 0.506. The predicted molar refractivity (Wildman–Crippen MR) is 80.6 cm³/mol. The number of nitriles is 1. The van der Waals surface area contributed by atoms with Gasteiger partial charge in [-0.2, -0.15) is 5.26 Å². The number of aromatic nitrogens is 2.